The standard InChI is InChI=1S/C15H13ClN2O/c1-9-4-5-18-8-12(9)15(17)14-7-10-6-11(16)2-3-13(10)19-14/h2-8,15H,17H2,1H3. The van der Waals surface area contributed by atoms with Crippen LogP contribution in [-0.4, -0.2) is 4.98 Å². The summed E-state index contributed by atoms with van der Waals surface area (Å²) in [6, 6.07) is 9.07. The fourth-order valence-corrected chi connectivity index (χ4v) is 2.32. The number of furan rings is 1. The van der Waals surface area contributed by atoms with Crippen molar-refractivity contribution in [3.63, 3.8) is 0 Å². The lowest BCUT2D eigenvalue weighted by Crippen LogP contribution is -2.12. The number of pyridine rings is 1. The van der Waals surface area contributed by atoms with E-state index in [2.05, 4.69) is 4.98 Å². The smallest absolute Gasteiger partial charge is 0.134 e. The molecular formula is C15H13ClN2O. The van der Waals surface area contributed by atoms with Crippen LogP contribution in [-0.2, 0) is 0 Å². The van der Waals surface area contributed by atoms with E-state index in [1.807, 2.05) is 31.2 Å². The first-order valence-electron chi connectivity index (χ1n) is 6.00. The molecule has 0 radical (unpaired) electrons. The third kappa shape index (κ3) is 2.23. The molecule has 0 amide bonds. The maximum Gasteiger partial charge on any atom is 0.134 e. The second kappa shape index (κ2) is 4.68. The number of aromatic nitrogens is 1. The molecule has 2 N–H and O–H groups in total. The summed E-state index contributed by atoms with van der Waals surface area (Å²) in [5.41, 5.74) is 9.10. The van der Waals surface area contributed by atoms with Crippen LogP contribution in [0.4, 0.5) is 0 Å². The maximum absolute atomic E-state index is 6.25. The molecule has 0 bridgehead atoms. The molecule has 1 aromatic carbocycles. The van der Waals surface area contributed by atoms with Gasteiger partial charge in [0.15, 0.2) is 0 Å². The Hall–Kier alpha value is -1.84. The van der Waals surface area contributed by atoms with Crippen LogP contribution < -0.4 is 5.73 Å². The van der Waals surface area contributed by atoms with Gasteiger partial charge < -0.3 is 10.2 Å². The molecule has 0 aliphatic rings. The van der Waals surface area contributed by atoms with Crippen LogP contribution in [0, 0.1) is 6.92 Å². The molecule has 0 aliphatic heterocycles. The van der Waals surface area contributed by atoms with Crippen LogP contribution in [0.5, 0.6) is 0 Å². The van der Waals surface area contributed by atoms with Crippen molar-refractivity contribution >= 4 is 22.6 Å². The summed E-state index contributed by atoms with van der Waals surface area (Å²) in [6.07, 6.45) is 3.53. The van der Waals surface area contributed by atoms with E-state index in [4.69, 9.17) is 21.8 Å². The highest BCUT2D eigenvalue weighted by Gasteiger charge is 2.16. The van der Waals surface area contributed by atoms with E-state index in [9.17, 15) is 0 Å². The van der Waals surface area contributed by atoms with Gasteiger partial charge in [-0.2, -0.15) is 0 Å². The molecule has 0 spiro atoms. The fourth-order valence-electron chi connectivity index (χ4n) is 2.14. The minimum absolute atomic E-state index is 0.320. The van der Waals surface area contributed by atoms with Gasteiger partial charge in [-0.15, -0.1) is 0 Å². The van der Waals surface area contributed by atoms with Crippen molar-refractivity contribution in [1.29, 1.82) is 0 Å². The zero-order chi connectivity index (χ0) is 13.4. The molecule has 0 fully saturated rings. The van der Waals surface area contributed by atoms with E-state index in [1.54, 1.807) is 18.5 Å². The number of nitrogens with two attached hydrogens (primary N) is 1. The van der Waals surface area contributed by atoms with Gasteiger partial charge in [0.1, 0.15) is 11.3 Å². The highest BCUT2D eigenvalue weighted by atomic mass is 35.5. The minimum atomic E-state index is -0.320. The third-order valence-electron chi connectivity index (χ3n) is 3.22. The normalized spacial score (nSPS) is 12.8. The van der Waals surface area contributed by atoms with Crippen molar-refractivity contribution in [3.8, 4) is 0 Å². The molecule has 1 atom stereocenters. The van der Waals surface area contributed by atoms with Crippen molar-refractivity contribution in [3.05, 3.63) is 64.6 Å². The zero-order valence-electron chi connectivity index (χ0n) is 10.4. The molecule has 2 heterocycles. The highest BCUT2D eigenvalue weighted by molar-refractivity contribution is 6.31. The predicted molar refractivity (Wildman–Crippen MR) is 76.2 cm³/mol. The monoisotopic (exact) mass is 272 g/mol. The summed E-state index contributed by atoms with van der Waals surface area (Å²) in [4.78, 5) is 4.12. The van der Waals surface area contributed by atoms with Crippen molar-refractivity contribution in [2.24, 2.45) is 5.73 Å². The van der Waals surface area contributed by atoms with Gasteiger partial charge >= 0.3 is 0 Å². The Morgan fingerprint density at radius 3 is 2.89 bits per heavy atom. The van der Waals surface area contributed by atoms with Crippen LogP contribution in [0.25, 0.3) is 11.0 Å². The van der Waals surface area contributed by atoms with Crippen molar-refractivity contribution < 1.29 is 4.42 Å². The molecular weight excluding hydrogens is 260 g/mol. The Morgan fingerprint density at radius 1 is 1.26 bits per heavy atom. The lowest BCUT2D eigenvalue weighted by molar-refractivity contribution is 0.524. The summed E-state index contributed by atoms with van der Waals surface area (Å²) in [5.74, 6) is 0.716. The number of hydrogen-bond acceptors (Lipinski definition) is 3. The van der Waals surface area contributed by atoms with E-state index >= 15 is 0 Å². The summed E-state index contributed by atoms with van der Waals surface area (Å²) >= 11 is 5.97. The quantitative estimate of drug-likeness (QED) is 0.771. The Balaban J connectivity index is 2.07. The van der Waals surface area contributed by atoms with E-state index in [1.165, 1.54) is 0 Å². The Labute approximate surface area is 116 Å². The van der Waals surface area contributed by atoms with Gasteiger partial charge in [-0.25, -0.2) is 0 Å². The number of hydrogen-bond donors (Lipinski definition) is 1. The molecule has 3 nitrogen and oxygen atoms in total. The molecule has 0 saturated heterocycles. The van der Waals surface area contributed by atoms with E-state index in [0.717, 1.165) is 22.1 Å². The Bertz CT molecular complexity index is 736. The number of rotatable bonds is 2. The second-order valence-electron chi connectivity index (χ2n) is 4.54. The molecule has 19 heavy (non-hydrogen) atoms. The summed E-state index contributed by atoms with van der Waals surface area (Å²) in [7, 11) is 0. The minimum Gasteiger partial charge on any atom is -0.459 e. The Kier molecular flexibility index (Phi) is 3.01. The topological polar surface area (TPSA) is 52.0 Å². The van der Waals surface area contributed by atoms with Crippen LogP contribution in [0.1, 0.15) is 22.9 Å². The average molecular weight is 273 g/mol. The average Bonchev–Trinajstić information content (AvgIpc) is 2.81. The van der Waals surface area contributed by atoms with Gasteiger partial charge in [0, 0.05) is 22.8 Å². The molecule has 4 heteroatoms. The predicted octanol–water partition coefficient (Wildman–Crippen LogP) is 3.84. The van der Waals surface area contributed by atoms with Gasteiger partial charge in [0.25, 0.3) is 0 Å². The van der Waals surface area contributed by atoms with Gasteiger partial charge in [-0.1, -0.05) is 11.6 Å². The maximum atomic E-state index is 6.25. The van der Waals surface area contributed by atoms with Gasteiger partial charge in [-0.05, 0) is 48.4 Å². The largest absolute Gasteiger partial charge is 0.459 e. The Morgan fingerprint density at radius 2 is 2.11 bits per heavy atom. The molecule has 1 unspecified atom stereocenters. The molecule has 96 valence electrons. The van der Waals surface area contributed by atoms with Crippen molar-refractivity contribution in [2.45, 2.75) is 13.0 Å². The van der Waals surface area contributed by atoms with Gasteiger partial charge in [0.2, 0.25) is 0 Å². The molecule has 3 rings (SSSR count). The molecule has 0 saturated carbocycles. The first-order valence-corrected chi connectivity index (χ1v) is 6.38. The van der Waals surface area contributed by atoms with Gasteiger partial charge in [-0.3, -0.25) is 4.98 Å². The zero-order valence-corrected chi connectivity index (χ0v) is 11.2. The number of aryl methyl sites for hydroxylation is 1. The first kappa shape index (κ1) is 12.2. The summed E-state index contributed by atoms with van der Waals surface area (Å²) in [5, 5.41) is 1.64. The van der Waals surface area contributed by atoms with E-state index in [-0.39, 0.29) is 6.04 Å². The van der Waals surface area contributed by atoms with Crippen molar-refractivity contribution in [1.82, 2.24) is 4.98 Å². The number of nitrogens with zero attached hydrogens (tertiary/aromatic N) is 1. The third-order valence-corrected chi connectivity index (χ3v) is 3.45. The van der Waals surface area contributed by atoms with E-state index < -0.39 is 0 Å². The second-order valence-corrected chi connectivity index (χ2v) is 4.98. The van der Waals surface area contributed by atoms with E-state index in [0.29, 0.717) is 10.8 Å². The molecule has 0 aliphatic carbocycles. The fraction of sp³-hybridized carbons (Fsp3) is 0.133. The summed E-state index contributed by atoms with van der Waals surface area (Å²) in [6.45, 7) is 2.01. The molecule has 2 aromatic heterocycles. The van der Waals surface area contributed by atoms with Crippen LogP contribution in [0.15, 0.2) is 47.1 Å². The highest BCUT2D eigenvalue weighted by Crippen LogP contribution is 2.29. The van der Waals surface area contributed by atoms with Crippen molar-refractivity contribution in [2.75, 3.05) is 0 Å². The number of benzene rings is 1. The first-order chi connectivity index (χ1) is 9.15. The lowest BCUT2D eigenvalue weighted by atomic mass is 10.0. The molecule has 3 aromatic rings. The summed E-state index contributed by atoms with van der Waals surface area (Å²) < 4.78 is 5.78. The van der Waals surface area contributed by atoms with Crippen LogP contribution in [0.2, 0.25) is 5.02 Å². The lowest BCUT2D eigenvalue weighted by Gasteiger charge is -2.11. The van der Waals surface area contributed by atoms with Crippen LogP contribution in [0.3, 0.4) is 0 Å². The number of halogens is 1. The van der Waals surface area contributed by atoms with Crippen LogP contribution >= 0.6 is 11.6 Å². The number of fused-ring (bicyclic) bond motifs is 1. The SMILES string of the molecule is Cc1ccncc1C(N)c1cc2cc(Cl)ccc2o1. The van der Waals surface area contributed by atoms with Gasteiger partial charge in [0.05, 0.1) is 6.04 Å².